The standard InChI is InChI=1S/C18H20N2S/c1-17(2,3)15-11-21-16(20-15)10-18(12-19)8-13-6-4-5-7-14(13)9-18/h4-7,11H,8-10H2,1-3H3. The van der Waals surface area contributed by atoms with Crippen molar-refractivity contribution < 1.29 is 0 Å². The molecule has 1 aromatic heterocycles. The van der Waals surface area contributed by atoms with E-state index >= 15 is 0 Å². The van der Waals surface area contributed by atoms with E-state index in [-0.39, 0.29) is 10.8 Å². The molecule has 0 saturated heterocycles. The molecule has 0 N–H and O–H groups in total. The lowest BCUT2D eigenvalue weighted by Gasteiger charge is -2.19. The number of hydrogen-bond acceptors (Lipinski definition) is 3. The first-order valence-electron chi connectivity index (χ1n) is 7.35. The Balaban J connectivity index is 1.84. The molecule has 2 nitrogen and oxygen atoms in total. The van der Waals surface area contributed by atoms with E-state index < -0.39 is 0 Å². The minimum Gasteiger partial charge on any atom is -0.246 e. The third kappa shape index (κ3) is 2.73. The van der Waals surface area contributed by atoms with E-state index in [0.29, 0.717) is 0 Å². The zero-order chi connectivity index (χ0) is 15.1. The van der Waals surface area contributed by atoms with Crippen LogP contribution in [0.15, 0.2) is 29.6 Å². The van der Waals surface area contributed by atoms with Gasteiger partial charge in [-0.15, -0.1) is 11.3 Å². The molecule has 0 bridgehead atoms. The van der Waals surface area contributed by atoms with Gasteiger partial charge in [0.25, 0.3) is 0 Å². The van der Waals surface area contributed by atoms with Crippen LogP contribution in [0.5, 0.6) is 0 Å². The highest BCUT2D eigenvalue weighted by molar-refractivity contribution is 7.09. The van der Waals surface area contributed by atoms with Gasteiger partial charge in [-0.3, -0.25) is 0 Å². The summed E-state index contributed by atoms with van der Waals surface area (Å²) in [5.74, 6) is 0. The van der Waals surface area contributed by atoms with E-state index in [4.69, 9.17) is 4.98 Å². The number of rotatable bonds is 2. The summed E-state index contributed by atoms with van der Waals surface area (Å²) in [6.07, 6.45) is 2.47. The van der Waals surface area contributed by atoms with Crippen LogP contribution >= 0.6 is 11.3 Å². The van der Waals surface area contributed by atoms with E-state index in [1.807, 2.05) is 0 Å². The van der Waals surface area contributed by atoms with E-state index in [0.717, 1.165) is 30.0 Å². The van der Waals surface area contributed by atoms with Crippen molar-refractivity contribution in [2.24, 2.45) is 5.41 Å². The number of aromatic nitrogens is 1. The van der Waals surface area contributed by atoms with Gasteiger partial charge >= 0.3 is 0 Å². The summed E-state index contributed by atoms with van der Waals surface area (Å²) in [6.45, 7) is 6.53. The molecule has 1 heterocycles. The molecule has 0 atom stereocenters. The van der Waals surface area contributed by atoms with Gasteiger partial charge < -0.3 is 0 Å². The number of nitriles is 1. The van der Waals surface area contributed by atoms with Gasteiger partial charge in [-0.2, -0.15) is 5.26 Å². The molecule has 21 heavy (non-hydrogen) atoms. The topological polar surface area (TPSA) is 36.7 Å². The van der Waals surface area contributed by atoms with E-state index in [1.54, 1.807) is 11.3 Å². The highest BCUT2D eigenvalue weighted by atomic mass is 32.1. The fourth-order valence-corrected chi connectivity index (χ4v) is 4.13. The van der Waals surface area contributed by atoms with Crippen LogP contribution in [0.2, 0.25) is 0 Å². The number of hydrogen-bond donors (Lipinski definition) is 0. The maximum absolute atomic E-state index is 9.74. The van der Waals surface area contributed by atoms with Crippen molar-refractivity contribution in [2.75, 3.05) is 0 Å². The molecule has 1 aromatic carbocycles. The van der Waals surface area contributed by atoms with Crippen molar-refractivity contribution in [2.45, 2.75) is 45.4 Å². The lowest BCUT2D eigenvalue weighted by molar-refractivity contribution is 0.416. The van der Waals surface area contributed by atoms with Crippen molar-refractivity contribution in [1.82, 2.24) is 4.98 Å². The minimum absolute atomic E-state index is 0.0766. The average Bonchev–Trinajstić information content (AvgIpc) is 3.02. The fraction of sp³-hybridized carbons (Fsp3) is 0.444. The van der Waals surface area contributed by atoms with Gasteiger partial charge in [-0.25, -0.2) is 4.98 Å². The normalized spacial score (nSPS) is 16.5. The monoisotopic (exact) mass is 296 g/mol. The van der Waals surface area contributed by atoms with Gasteiger partial charge in [0.15, 0.2) is 0 Å². The molecular formula is C18H20N2S. The molecule has 0 saturated carbocycles. The molecule has 1 aliphatic carbocycles. The predicted octanol–water partition coefficient (Wildman–Crippen LogP) is 4.29. The van der Waals surface area contributed by atoms with E-state index in [1.165, 1.54) is 11.1 Å². The van der Waals surface area contributed by atoms with Gasteiger partial charge in [-0.1, -0.05) is 45.0 Å². The van der Waals surface area contributed by atoms with Crippen LogP contribution in [0.4, 0.5) is 0 Å². The van der Waals surface area contributed by atoms with Gasteiger partial charge in [0.2, 0.25) is 0 Å². The Labute approximate surface area is 130 Å². The van der Waals surface area contributed by atoms with Crippen LogP contribution < -0.4 is 0 Å². The van der Waals surface area contributed by atoms with Crippen LogP contribution in [0, 0.1) is 16.7 Å². The molecule has 3 rings (SSSR count). The summed E-state index contributed by atoms with van der Waals surface area (Å²) in [5.41, 5.74) is 3.55. The van der Waals surface area contributed by atoms with Gasteiger partial charge in [0.1, 0.15) is 0 Å². The summed E-state index contributed by atoms with van der Waals surface area (Å²) < 4.78 is 0. The predicted molar refractivity (Wildman–Crippen MR) is 86.4 cm³/mol. The highest BCUT2D eigenvalue weighted by Crippen LogP contribution is 2.40. The third-order valence-electron chi connectivity index (χ3n) is 4.22. The van der Waals surface area contributed by atoms with E-state index in [2.05, 4.69) is 56.5 Å². The SMILES string of the molecule is CC(C)(C)c1csc(CC2(C#N)Cc3ccccc3C2)n1. The van der Waals surface area contributed by atoms with Crippen molar-refractivity contribution in [3.05, 3.63) is 51.5 Å². The summed E-state index contributed by atoms with van der Waals surface area (Å²) in [6, 6.07) is 11.0. The number of nitrogens with zero attached hydrogens (tertiary/aromatic N) is 2. The number of benzene rings is 1. The first-order valence-corrected chi connectivity index (χ1v) is 8.23. The molecule has 3 heteroatoms. The minimum atomic E-state index is -0.309. The largest absolute Gasteiger partial charge is 0.246 e. The maximum Gasteiger partial charge on any atom is 0.0944 e. The second kappa shape index (κ2) is 4.96. The Hall–Kier alpha value is -1.66. The smallest absolute Gasteiger partial charge is 0.0944 e. The van der Waals surface area contributed by atoms with Crippen molar-refractivity contribution in [3.63, 3.8) is 0 Å². The molecule has 108 valence electrons. The van der Waals surface area contributed by atoms with Crippen LogP contribution in [-0.4, -0.2) is 4.98 Å². The van der Waals surface area contributed by atoms with Crippen molar-refractivity contribution >= 4 is 11.3 Å². The Morgan fingerprint density at radius 2 is 1.86 bits per heavy atom. The molecular weight excluding hydrogens is 276 g/mol. The molecule has 0 aliphatic heterocycles. The molecule has 0 spiro atoms. The molecule has 0 amide bonds. The number of thiazole rings is 1. The van der Waals surface area contributed by atoms with Gasteiger partial charge in [0, 0.05) is 17.2 Å². The Kier molecular flexibility index (Phi) is 3.37. The van der Waals surface area contributed by atoms with Crippen molar-refractivity contribution in [3.8, 4) is 6.07 Å². The van der Waals surface area contributed by atoms with Crippen molar-refractivity contribution in [1.29, 1.82) is 5.26 Å². The third-order valence-corrected chi connectivity index (χ3v) is 5.07. The molecule has 0 unspecified atom stereocenters. The first kappa shape index (κ1) is 14.3. The maximum atomic E-state index is 9.74. The highest BCUT2D eigenvalue weighted by Gasteiger charge is 2.38. The summed E-state index contributed by atoms with van der Waals surface area (Å²) >= 11 is 1.69. The second-order valence-electron chi connectivity index (χ2n) is 7.07. The van der Waals surface area contributed by atoms with Crippen LogP contribution in [0.25, 0.3) is 0 Å². The summed E-state index contributed by atoms with van der Waals surface area (Å²) in [4.78, 5) is 4.77. The molecule has 2 aromatic rings. The fourth-order valence-electron chi connectivity index (χ4n) is 2.96. The van der Waals surface area contributed by atoms with Crippen LogP contribution in [-0.2, 0) is 24.7 Å². The van der Waals surface area contributed by atoms with E-state index in [9.17, 15) is 5.26 Å². The van der Waals surface area contributed by atoms with Gasteiger partial charge in [0.05, 0.1) is 22.2 Å². The molecule has 1 aliphatic rings. The Bertz CT molecular complexity index is 675. The molecule has 0 radical (unpaired) electrons. The van der Waals surface area contributed by atoms with Crippen LogP contribution in [0.3, 0.4) is 0 Å². The average molecular weight is 296 g/mol. The zero-order valence-corrected chi connectivity index (χ0v) is 13.6. The number of fused-ring (bicyclic) bond motifs is 1. The quantitative estimate of drug-likeness (QED) is 0.829. The lowest BCUT2D eigenvalue weighted by atomic mass is 9.83. The Morgan fingerprint density at radius 3 is 2.33 bits per heavy atom. The summed E-state index contributed by atoms with van der Waals surface area (Å²) in [7, 11) is 0. The first-order chi connectivity index (χ1) is 9.92. The lowest BCUT2D eigenvalue weighted by Crippen LogP contribution is -2.22. The van der Waals surface area contributed by atoms with Gasteiger partial charge in [-0.05, 0) is 24.0 Å². The second-order valence-corrected chi connectivity index (χ2v) is 8.01. The zero-order valence-electron chi connectivity index (χ0n) is 12.8. The van der Waals surface area contributed by atoms with Crippen LogP contribution in [0.1, 0.15) is 42.6 Å². The molecule has 0 fully saturated rings. The Morgan fingerprint density at radius 1 is 1.24 bits per heavy atom. The summed E-state index contributed by atoms with van der Waals surface area (Å²) in [5, 5.41) is 13.0.